The molecular formula is C47H84O12S. The SMILES string of the molecule is CC/C=C\C/C=C\C/C=C\C/C=C\CCCCCCCCCCCCCCC(=O)OC(COCCCCCCCCCC)COC1OC(CO)C(O)C(OS(=O)(=O)O)C1O. The summed E-state index contributed by atoms with van der Waals surface area (Å²) in [5, 5.41) is 30.6. The Bertz CT molecular complexity index is 1240. The van der Waals surface area contributed by atoms with Gasteiger partial charge in [-0.25, -0.2) is 4.18 Å². The minimum atomic E-state index is -5.06. The first kappa shape index (κ1) is 56.1. The summed E-state index contributed by atoms with van der Waals surface area (Å²) in [6.45, 7) is 3.85. The summed E-state index contributed by atoms with van der Waals surface area (Å²) >= 11 is 0. The van der Waals surface area contributed by atoms with Crippen molar-refractivity contribution in [1.29, 1.82) is 0 Å². The van der Waals surface area contributed by atoms with E-state index < -0.39 is 59.8 Å². The first-order valence-corrected chi connectivity index (χ1v) is 24.8. The molecule has 0 radical (unpaired) electrons. The average Bonchev–Trinajstić information content (AvgIpc) is 3.22. The third kappa shape index (κ3) is 31.8. The maximum absolute atomic E-state index is 12.8. The molecule has 1 aliphatic heterocycles. The van der Waals surface area contributed by atoms with Crippen molar-refractivity contribution < 1.29 is 56.2 Å². The summed E-state index contributed by atoms with van der Waals surface area (Å²) < 4.78 is 58.9. The molecule has 350 valence electrons. The van der Waals surface area contributed by atoms with Gasteiger partial charge in [-0.15, -0.1) is 0 Å². The first-order chi connectivity index (χ1) is 29.1. The topological polar surface area (TPSA) is 178 Å². The van der Waals surface area contributed by atoms with E-state index in [9.17, 15) is 28.5 Å². The highest BCUT2D eigenvalue weighted by Gasteiger charge is 2.48. The van der Waals surface area contributed by atoms with E-state index in [1.807, 2.05) is 0 Å². The summed E-state index contributed by atoms with van der Waals surface area (Å²) in [6, 6.07) is 0. The maximum Gasteiger partial charge on any atom is 0.397 e. The van der Waals surface area contributed by atoms with Crippen LogP contribution in [0.2, 0.25) is 0 Å². The second-order valence-corrected chi connectivity index (χ2v) is 17.0. The third-order valence-corrected chi connectivity index (χ3v) is 10.9. The molecule has 6 unspecified atom stereocenters. The Kier molecular flexibility index (Phi) is 36.2. The number of ether oxygens (including phenoxy) is 4. The largest absolute Gasteiger partial charge is 0.457 e. The lowest BCUT2D eigenvalue weighted by Gasteiger charge is -2.41. The van der Waals surface area contributed by atoms with Crippen LogP contribution < -0.4 is 0 Å². The van der Waals surface area contributed by atoms with E-state index in [0.29, 0.717) is 13.0 Å². The van der Waals surface area contributed by atoms with E-state index in [2.05, 4.69) is 66.6 Å². The number of hydrogen-bond acceptors (Lipinski definition) is 11. The molecule has 4 N–H and O–H groups in total. The molecule has 0 bridgehead atoms. The van der Waals surface area contributed by atoms with Crippen LogP contribution in [0.15, 0.2) is 48.6 Å². The molecule has 12 nitrogen and oxygen atoms in total. The highest BCUT2D eigenvalue weighted by Crippen LogP contribution is 2.26. The van der Waals surface area contributed by atoms with Gasteiger partial charge in [0.1, 0.15) is 30.5 Å². The van der Waals surface area contributed by atoms with Crippen LogP contribution in [0.25, 0.3) is 0 Å². The van der Waals surface area contributed by atoms with E-state index in [-0.39, 0.29) is 19.6 Å². The number of aliphatic hydroxyl groups is 3. The lowest BCUT2D eigenvalue weighted by atomic mass is 9.99. The summed E-state index contributed by atoms with van der Waals surface area (Å²) in [6.07, 6.45) is 37.4. The molecule has 60 heavy (non-hydrogen) atoms. The number of unbranched alkanes of at least 4 members (excludes halogenated alkanes) is 19. The van der Waals surface area contributed by atoms with Crippen LogP contribution in [0.4, 0.5) is 0 Å². The number of carbonyl (C=O) groups excluding carboxylic acids is 1. The minimum absolute atomic E-state index is 0.0358. The van der Waals surface area contributed by atoms with Gasteiger partial charge in [-0.3, -0.25) is 9.35 Å². The van der Waals surface area contributed by atoms with E-state index in [0.717, 1.165) is 64.2 Å². The minimum Gasteiger partial charge on any atom is -0.457 e. The summed E-state index contributed by atoms with van der Waals surface area (Å²) in [5.41, 5.74) is 0. The number of hydrogen-bond donors (Lipinski definition) is 4. The molecule has 0 saturated carbocycles. The van der Waals surface area contributed by atoms with Gasteiger partial charge >= 0.3 is 16.4 Å². The fraction of sp³-hybridized carbons (Fsp3) is 0.809. The van der Waals surface area contributed by atoms with Gasteiger partial charge in [-0.05, 0) is 51.4 Å². The Balaban J connectivity index is 2.28. The summed E-state index contributed by atoms with van der Waals surface area (Å²) in [5.74, 6) is -0.404. The van der Waals surface area contributed by atoms with E-state index in [1.165, 1.54) is 89.9 Å². The molecule has 0 aliphatic carbocycles. The van der Waals surface area contributed by atoms with Crippen molar-refractivity contribution in [2.24, 2.45) is 0 Å². The Morgan fingerprint density at radius 3 is 1.68 bits per heavy atom. The van der Waals surface area contributed by atoms with E-state index in [1.54, 1.807) is 0 Å². The second-order valence-electron chi connectivity index (χ2n) is 16.0. The van der Waals surface area contributed by atoms with Gasteiger partial charge in [-0.2, -0.15) is 8.42 Å². The normalized spacial score (nSPS) is 20.7. The van der Waals surface area contributed by atoms with Crippen molar-refractivity contribution in [3.8, 4) is 0 Å². The zero-order valence-corrected chi connectivity index (χ0v) is 38.1. The fourth-order valence-corrected chi connectivity index (χ4v) is 7.47. The number of esters is 1. The predicted molar refractivity (Wildman–Crippen MR) is 239 cm³/mol. The molecule has 0 aromatic rings. The molecule has 0 amide bonds. The lowest BCUT2D eigenvalue weighted by molar-refractivity contribution is -0.301. The zero-order valence-electron chi connectivity index (χ0n) is 37.3. The molecule has 1 fully saturated rings. The predicted octanol–water partition coefficient (Wildman–Crippen LogP) is 9.97. The van der Waals surface area contributed by atoms with Gasteiger partial charge in [0, 0.05) is 13.0 Å². The summed E-state index contributed by atoms with van der Waals surface area (Å²) in [7, 11) is -5.06. The van der Waals surface area contributed by atoms with Crippen molar-refractivity contribution in [1.82, 2.24) is 0 Å². The second kappa shape index (κ2) is 38.7. The Labute approximate surface area is 364 Å². The van der Waals surface area contributed by atoms with Crippen LogP contribution in [-0.2, 0) is 38.3 Å². The standard InChI is InChI=1S/C47H84O12S/c1-3-5-7-9-11-13-14-15-16-17-18-19-20-21-22-23-24-25-26-27-28-29-30-32-34-36-43(49)57-41(39-55-37-35-33-31-12-10-8-6-4-2)40-56-47-45(51)46(59-60(52,53)54)44(50)42(38-48)58-47/h5,7,11,13,15-16,18-19,41-42,44-48,50-51H,3-4,6,8-10,12,14,17,20-40H2,1-2H3,(H,52,53,54)/b7-5-,13-11-,16-15-,19-18-. The van der Waals surface area contributed by atoms with E-state index >= 15 is 0 Å². The van der Waals surface area contributed by atoms with Crippen molar-refractivity contribution >= 4 is 16.4 Å². The molecule has 1 saturated heterocycles. The molecule has 0 spiro atoms. The smallest absolute Gasteiger partial charge is 0.397 e. The number of allylic oxidation sites excluding steroid dienone is 8. The highest BCUT2D eigenvalue weighted by molar-refractivity contribution is 7.80. The third-order valence-electron chi connectivity index (χ3n) is 10.5. The maximum atomic E-state index is 12.8. The average molecular weight is 873 g/mol. The van der Waals surface area contributed by atoms with Gasteiger partial charge in [-0.1, -0.05) is 172 Å². The molecule has 0 aromatic carbocycles. The molecule has 6 atom stereocenters. The summed E-state index contributed by atoms with van der Waals surface area (Å²) in [4.78, 5) is 12.8. The number of rotatable bonds is 40. The van der Waals surface area contributed by atoms with Crippen molar-refractivity contribution in [3.05, 3.63) is 48.6 Å². The molecule has 1 aliphatic rings. The van der Waals surface area contributed by atoms with Crippen LogP contribution in [0.5, 0.6) is 0 Å². The molecule has 1 rings (SSSR count). The molecule has 1 heterocycles. The van der Waals surface area contributed by atoms with Crippen LogP contribution in [0.1, 0.15) is 181 Å². The van der Waals surface area contributed by atoms with Crippen LogP contribution in [0, 0.1) is 0 Å². The number of carbonyl (C=O) groups is 1. The Morgan fingerprint density at radius 2 is 1.15 bits per heavy atom. The van der Waals surface area contributed by atoms with Gasteiger partial charge < -0.3 is 34.3 Å². The van der Waals surface area contributed by atoms with Gasteiger partial charge in [0.25, 0.3) is 0 Å². The van der Waals surface area contributed by atoms with Crippen LogP contribution in [0.3, 0.4) is 0 Å². The van der Waals surface area contributed by atoms with Gasteiger partial charge in [0.2, 0.25) is 0 Å². The quantitative estimate of drug-likeness (QED) is 0.0199. The van der Waals surface area contributed by atoms with Gasteiger partial charge in [0.15, 0.2) is 6.29 Å². The molecule has 0 aromatic heterocycles. The van der Waals surface area contributed by atoms with Crippen molar-refractivity contribution in [3.63, 3.8) is 0 Å². The number of aliphatic hydroxyl groups excluding tert-OH is 3. The Hall–Kier alpha value is -1.94. The van der Waals surface area contributed by atoms with E-state index in [4.69, 9.17) is 23.5 Å². The van der Waals surface area contributed by atoms with Crippen LogP contribution in [-0.4, -0.2) is 97.5 Å². The van der Waals surface area contributed by atoms with Gasteiger partial charge in [0.05, 0.1) is 19.8 Å². The molecule has 13 heteroatoms. The fourth-order valence-electron chi connectivity index (χ4n) is 6.96. The van der Waals surface area contributed by atoms with Crippen molar-refractivity contribution in [2.75, 3.05) is 26.4 Å². The first-order valence-electron chi connectivity index (χ1n) is 23.4. The van der Waals surface area contributed by atoms with Crippen molar-refractivity contribution in [2.45, 2.75) is 218 Å². The Morgan fingerprint density at radius 1 is 0.650 bits per heavy atom. The van der Waals surface area contributed by atoms with Crippen LogP contribution >= 0.6 is 0 Å². The highest BCUT2D eigenvalue weighted by atomic mass is 32.3. The zero-order chi connectivity index (χ0) is 43.9. The monoisotopic (exact) mass is 873 g/mol. The lowest BCUT2D eigenvalue weighted by Crippen LogP contribution is -2.60. The molecular weight excluding hydrogens is 789 g/mol.